The molecule has 0 aliphatic rings. The first-order valence-electron chi connectivity index (χ1n) is 5.21. The van der Waals surface area contributed by atoms with Gasteiger partial charge in [-0.15, -0.1) is 0 Å². The standard InChI is InChI=1S/C12H15F2NO2/c1-12(2,6-11(16)17)7-15-10-5-8(13)3-4-9(10)14/h3-5,15H,6-7H2,1-2H3,(H,16,17). The molecular weight excluding hydrogens is 228 g/mol. The average molecular weight is 243 g/mol. The Kier molecular flexibility index (Phi) is 4.04. The summed E-state index contributed by atoms with van der Waals surface area (Å²) in [5.41, 5.74) is -0.492. The van der Waals surface area contributed by atoms with Crippen LogP contribution in [0.15, 0.2) is 18.2 Å². The van der Waals surface area contributed by atoms with E-state index >= 15 is 0 Å². The van der Waals surface area contributed by atoms with Gasteiger partial charge in [0.2, 0.25) is 0 Å². The van der Waals surface area contributed by atoms with Crippen LogP contribution in [0.5, 0.6) is 0 Å². The summed E-state index contributed by atoms with van der Waals surface area (Å²) in [5.74, 6) is -2.01. The lowest BCUT2D eigenvalue weighted by Crippen LogP contribution is -2.26. The highest BCUT2D eigenvalue weighted by Gasteiger charge is 2.22. The number of anilines is 1. The Bertz CT molecular complexity index is 419. The molecule has 0 spiro atoms. The first kappa shape index (κ1) is 13.4. The molecule has 0 unspecified atom stereocenters. The number of carboxylic acid groups (broad SMARTS) is 1. The lowest BCUT2D eigenvalue weighted by atomic mass is 9.89. The maximum Gasteiger partial charge on any atom is 0.303 e. The van der Waals surface area contributed by atoms with Gasteiger partial charge in [0.15, 0.2) is 0 Å². The maximum absolute atomic E-state index is 13.3. The van der Waals surface area contributed by atoms with Gasteiger partial charge in [-0.25, -0.2) is 8.78 Å². The second-order valence-electron chi connectivity index (χ2n) is 4.71. The third-order valence-corrected chi connectivity index (χ3v) is 2.32. The van der Waals surface area contributed by atoms with Crippen LogP contribution in [0.4, 0.5) is 14.5 Å². The fraction of sp³-hybridized carbons (Fsp3) is 0.417. The van der Waals surface area contributed by atoms with Gasteiger partial charge in [-0.3, -0.25) is 4.79 Å². The van der Waals surface area contributed by atoms with E-state index in [0.717, 1.165) is 18.2 Å². The monoisotopic (exact) mass is 243 g/mol. The molecule has 0 atom stereocenters. The summed E-state index contributed by atoms with van der Waals surface area (Å²) < 4.78 is 26.1. The summed E-state index contributed by atoms with van der Waals surface area (Å²) in [6.07, 6.45) is -0.0447. The Morgan fingerprint density at radius 2 is 2.06 bits per heavy atom. The topological polar surface area (TPSA) is 49.3 Å². The number of hydrogen-bond acceptors (Lipinski definition) is 2. The molecule has 0 heterocycles. The number of benzene rings is 1. The third kappa shape index (κ3) is 4.38. The Morgan fingerprint density at radius 1 is 1.41 bits per heavy atom. The van der Waals surface area contributed by atoms with Crippen LogP contribution in [-0.4, -0.2) is 17.6 Å². The van der Waals surface area contributed by atoms with Crippen molar-refractivity contribution in [2.45, 2.75) is 20.3 Å². The molecular formula is C12H15F2NO2. The number of rotatable bonds is 5. The molecule has 1 rings (SSSR count). The Hall–Kier alpha value is -1.65. The summed E-state index contributed by atoms with van der Waals surface area (Å²) in [6.45, 7) is 3.73. The van der Waals surface area contributed by atoms with Crippen LogP contribution in [0.3, 0.4) is 0 Å². The SMILES string of the molecule is CC(C)(CNc1cc(F)ccc1F)CC(=O)O. The summed E-state index contributed by atoms with van der Waals surface area (Å²) in [5, 5.41) is 11.4. The van der Waals surface area contributed by atoms with Crippen molar-refractivity contribution in [3.63, 3.8) is 0 Å². The molecule has 0 aliphatic carbocycles. The molecule has 0 saturated carbocycles. The van der Waals surface area contributed by atoms with E-state index in [-0.39, 0.29) is 18.7 Å². The number of carboxylic acids is 1. The molecule has 3 nitrogen and oxygen atoms in total. The zero-order valence-electron chi connectivity index (χ0n) is 9.76. The van der Waals surface area contributed by atoms with Gasteiger partial charge in [-0.05, 0) is 23.6 Å². The highest BCUT2D eigenvalue weighted by Crippen LogP contribution is 2.22. The lowest BCUT2D eigenvalue weighted by molar-refractivity contribution is -0.139. The van der Waals surface area contributed by atoms with Crippen molar-refractivity contribution in [3.05, 3.63) is 29.8 Å². The number of halogens is 2. The fourth-order valence-corrected chi connectivity index (χ4v) is 1.44. The highest BCUT2D eigenvalue weighted by molar-refractivity contribution is 5.67. The van der Waals surface area contributed by atoms with Crippen LogP contribution < -0.4 is 5.32 Å². The van der Waals surface area contributed by atoms with E-state index in [1.165, 1.54) is 0 Å². The molecule has 2 N–H and O–H groups in total. The van der Waals surface area contributed by atoms with E-state index in [1.807, 2.05) is 0 Å². The van der Waals surface area contributed by atoms with E-state index in [1.54, 1.807) is 13.8 Å². The number of carbonyl (C=O) groups is 1. The van der Waals surface area contributed by atoms with E-state index in [4.69, 9.17) is 5.11 Å². The minimum atomic E-state index is -0.920. The summed E-state index contributed by atoms with van der Waals surface area (Å²) in [6, 6.07) is 3.11. The van der Waals surface area contributed by atoms with Gasteiger partial charge >= 0.3 is 5.97 Å². The first-order valence-corrected chi connectivity index (χ1v) is 5.21. The average Bonchev–Trinajstić information content (AvgIpc) is 2.17. The maximum atomic E-state index is 13.3. The van der Waals surface area contributed by atoms with E-state index in [0.29, 0.717) is 0 Å². The first-order chi connectivity index (χ1) is 7.80. The van der Waals surface area contributed by atoms with E-state index in [2.05, 4.69) is 5.32 Å². The molecule has 1 aromatic rings. The van der Waals surface area contributed by atoms with Crippen molar-refractivity contribution >= 4 is 11.7 Å². The van der Waals surface area contributed by atoms with Crippen molar-refractivity contribution in [1.82, 2.24) is 0 Å². The smallest absolute Gasteiger partial charge is 0.303 e. The van der Waals surface area contributed by atoms with Crippen LogP contribution in [0.2, 0.25) is 0 Å². The van der Waals surface area contributed by atoms with Gasteiger partial charge in [0.25, 0.3) is 0 Å². The predicted molar refractivity (Wildman–Crippen MR) is 60.9 cm³/mol. The molecule has 0 aromatic heterocycles. The van der Waals surface area contributed by atoms with Crippen LogP contribution >= 0.6 is 0 Å². The number of nitrogens with one attached hydrogen (secondary N) is 1. The number of hydrogen-bond donors (Lipinski definition) is 2. The molecule has 0 saturated heterocycles. The fourth-order valence-electron chi connectivity index (χ4n) is 1.44. The van der Waals surface area contributed by atoms with E-state index < -0.39 is 23.0 Å². The summed E-state index contributed by atoms with van der Waals surface area (Å²) >= 11 is 0. The van der Waals surface area contributed by atoms with Gasteiger partial charge in [-0.2, -0.15) is 0 Å². The molecule has 5 heteroatoms. The molecule has 0 amide bonds. The van der Waals surface area contributed by atoms with Crippen LogP contribution in [0, 0.1) is 17.0 Å². The predicted octanol–water partition coefficient (Wildman–Crippen LogP) is 2.88. The van der Waals surface area contributed by atoms with Crippen molar-refractivity contribution in [2.75, 3.05) is 11.9 Å². The second-order valence-corrected chi connectivity index (χ2v) is 4.71. The van der Waals surface area contributed by atoms with Crippen LogP contribution in [0.25, 0.3) is 0 Å². The molecule has 0 bridgehead atoms. The van der Waals surface area contributed by atoms with Crippen molar-refractivity contribution in [2.24, 2.45) is 5.41 Å². The molecule has 0 aliphatic heterocycles. The molecule has 0 fully saturated rings. The molecule has 1 aromatic carbocycles. The van der Waals surface area contributed by atoms with Gasteiger partial charge in [-0.1, -0.05) is 13.8 Å². The Labute approximate surface area is 98.5 Å². The van der Waals surface area contributed by atoms with Gasteiger partial charge in [0.05, 0.1) is 12.1 Å². The van der Waals surface area contributed by atoms with Gasteiger partial charge in [0, 0.05) is 6.54 Å². The summed E-state index contributed by atoms with van der Waals surface area (Å²) in [7, 11) is 0. The molecule has 94 valence electrons. The minimum absolute atomic E-state index is 0.0447. The lowest BCUT2D eigenvalue weighted by Gasteiger charge is -2.23. The minimum Gasteiger partial charge on any atom is -0.481 e. The zero-order valence-corrected chi connectivity index (χ0v) is 9.76. The third-order valence-electron chi connectivity index (χ3n) is 2.32. The molecule has 0 radical (unpaired) electrons. The Balaban J connectivity index is 2.66. The van der Waals surface area contributed by atoms with Crippen LogP contribution in [-0.2, 0) is 4.79 Å². The van der Waals surface area contributed by atoms with Crippen LogP contribution in [0.1, 0.15) is 20.3 Å². The normalized spacial score (nSPS) is 11.3. The van der Waals surface area contributed by atoms with Crippen molar-refractivity contribution in [1.29, 1.82) is 0 Å². The van der Waals surface area contributed by atoms with Gasteiger partial charge in [0.1, 0.15) is 11.6 Å². The van der Waals surface area contributed by atoms with E-state index in [9.17, 15) is 13.6 Å². The Morgan fingerprint density at radius 3 is 2.65 bits per heavy atom. The summed E-state index contributed by atoms with van der Waals surface area (Å²) in [4.78, 5) is 10.6. The molecule has 17 heavy (non-hydrogen) atoms. The second kappa shape index (κ2) is 5.12. The number of aliphatic carboxylic acids is 1. The van der Waals surface area contributed by atoms with Gasteiger partial charge < -0.3 is 10.4 Å². The zero-order chi connectivity index (χ0) is 13.1. The highest BCUT2D eigenvalue weighted by atomic mass is 19.1. The van der Waals surface area contributed by atoms with Crippen molar-refractivity contribution < 1.29 is 18.7 Å². The quantitative estimate of drug-likeness (QED) is 0.836. The van der Waals surface area contributed by atoms with Crippen molar-refractivity contribution in [3.8, 4) is 0 Å². The largest absolute Gasteiger partial charge is 0.481 e.